The number of carbonyl (C=O) groups is 2. The molecule has 0 saturated carbocycles. The summed E-state index contributed by atoms with van der Waals surface area (Å²) >= 11 is 0. The number of nitrogens with one attached hydrogen (secondary N) is 1. The quantitative estimate of drug-likeness (QED) is 0.215. The van der Waals surface area contributed by atoms with Gasteiger partial charge in [0, 0.05) is 37.7 Å². The topological polar surface area (TPSA) is 134 Å². The summed E-state index contributed by atoms with van der Waals surface area (Å²) in [6.45, 7) is 3.41. The Balaban J connectivity index is 1.72. The van der Waals surface area contributed by atoms with Crippen LogP contribution in [-0.4, -0.2) is 71.6 Å². The lowest BCUT2D eigenvalue weighted by atomic mass is 9.98. The summed E-state index contributed by atoms with van der Waals surface area (Å²) in [6, 6.07) is 2.07. The second-order valence-corrected chi connectivity index (χ2v) is 9.16. The molecule has 1 saturated heterocycles. The maximum atomic E-state index is 12.9. The molecule has 1 fully saturated rings. The molecule has 0 aromatic heterocycles. The van der Waals surface area contributed by atoms with Gasteiger partial charge in [0.2, 0.25) is 5.91 Å². The summed E-state index contributed by atoms with van der Waals surface area (Å²) in [6.07, 6.45) is 11.8. The van der Waals surface area contributed by atoms with Crippen LogP contribution >= 0.6 is 0 Å². The van der Waals surface area contributed by atoms with E-state index in [9.17, 15) is 19.8 Å². The lowest BCUT2D eigenvalue weighted by molar-refractivity contribution is -0.137. The number of benzene rings is 1. The van der Waals surface area contributed by atoms with Gasteiger partial charge in [-0.15, -0.1) is 0 Å². The molecule has 3 atom stereocenters. The zero-order valence-electron chi connectivity index (χ0n) is 20.3. The molecule has 35 heavy (non-hydrogen) atoms. The van der Waals surface area contributed by atoms with Crippen LogP contribution in [0, 0.1) is 0 Å². The zero-order chi connectivity index (χ0) is 25.2. The number of aromatic hydroxyl groups is 2. The number of esters is 1. The summed E-state index contributed by atoms with van der Waals surface area (Å²) in [5.41, 5.74) is 6.60. The van der Waals surface area contributed by atoms with E-state index in [1.54, 1.807) is 6.92 Å². The molecule has 1 amide bonds. The molecule has 2 aliphatic rings. The van der Waals surface area contributed by atoms with E-state index >= 15 is 0 Å². The molecule has 0 aliphatic carbocycles. The molecule has 1 aromatic carbocycles. The Morgan fingerprint density at radius 3 is 2.69 bits per heavy atom. The Hall–Kier alpha value is -2.88. The molecule has 0 radical (unpaired) electrons. The van der Waals surface area contributed by atoms with Gasteiger partial charge in [0.1, 0.15) is 29.8 Å². The van der Waals surface area contributed by atoms with Crippen molar-refractivity contribution in [2.45, 2.75) is 63.6 Å². The number of piperidine rings is 1. The Bertz CT molecular complexity index is 926. The smallest absolute Gasteiger partial charge is 0.342 e. The summed E-state index contributed by atoms with van der Waals surface area (Å²) in [4.78, 5) is 27.0. The third-order valence-electron chi connectivity index (χ3n) is 6.15. The van der Waals surface area contributed by atoms with Gasteiger partial charge in [-0.2, -0.15) is 0 Å². The molecule has 2 heterocycles. The molecule has 5 N–H and O–H groups in total. The average Bonchev–Trinajstić information content (AvgIpc) is 2.81. The van der Waals surface area contributed by atoms with Crippen molar-refractivity contribution in [1.29, 1.82) is 0 Å². The largest absolute Gasteiger partial charge is 0.508 e. The average molecular weight is 488 g/mol. The number of cyclic esters (lactones) is 1. The van der Waals surface area contributed by atoms with E-state index in [1.807, 2.05) is 29.2 Å². The van der Waals surface area contributed by atoms with Crippen LogP contribution in [0.1, 0.15) is 54.9 Å². The van der Waals surface area contributed by atoms with E-state index in [1.165, 1.54) is 6.07 Å². The summed E-state index contributed by atoms with van der Waals surface area (Å²) < 4.78 is 11.1. The number of phenolic OH excluding ortho intramolecular Hbond substituents is 2. The van der Waals surface area contributed by atoms with Crippen molar-refractivity contribution in [3.8, 4) is 11.5 Å². The van der Waals surface area contributed by atoms with Crippen LogP contribution in [0.2, 0.25) is 0 Å². The van der Waals surface area contributed by atoms with Crippen LogP contribution in [0.15, 0.2) is 36.4 Å². The van der Waals surface area contributed by atoms with Gasteiger partial charge < -0.3 is 30.3 Å². The first-order valence-electron chi connectivity index (χ1n) is 12.3. The second kappa shape index (κ2) is 13.3. The normalized spacial score (nSPS) is 25.7. The molecular weight excluding hydrogens is 450 g/mol. The fourth-order valence-electron chi connectivity index (χ4n) is 4.26. The van der Waals surface area contributed by atoms with Crippen LogP contribution in [0.3, 0.4) is 0 Å². The van der Waals surface area contributed by atoms with Crippen molar-refractivity contribution in [1.82, 2.24) is 10.2 Å². The van der Waals surface area contributed by atoms with E-state index in [4.69, 9.17) is 15.2 Å². The predicted molar refractivity (Wildman–Crippen MR) is 132 cm³/mol. The van der Waals surface area contributed by atoms with Gasteiger partial charge in [-0.25, -0.2) is 4.79 Å². The number of hydrogen-bond acceptors (Lipinski definition) is 8. The third-order valence-corrected chi connectivity index (χ3v) is 6.15. The second-order valence-electron chi connectivity index (χ2n) is 9.16. The molecule has 1 aromatic rings. The zero-order valence-corrected chi connectivity index (χ0v) is 20.3. The van der Waals surface area contributed by atoms with Crippen molar-refractivity contribution in [2.24, 2.45) is 5.73 Å². The number of nitrogens with zero attached hydrogens (tertiary/aromatic N) is 1. The Morgan fingerprint density at radius 2 is 1.91 bits per heavy atom. The minimum atomic E-state index is -0.661. The van der Waals surface area contributed by atoms with Gasteiger partial charge in [0.05, 0.1) is 6.73 Å². The van der Waals surface area contributed by atoms with E-state index in [-0.39, 0.29) is 54.8 Å². The molecule has 2 aliphatic heterocycles. The number of carbonyl (C=O) groups excluding carboxylic acids is 2. The van der Waals surface area contributed by atoms with Crippen LogP contribution in [-0.2, 0) is 20.7 Å². The number of hydrogen-bond donors (Lipinski definition) is 4. The fourth-order valence-corrected chi connectivity index (χ4v) is 4.26. The predicted octanol–water partition coefficient (Wildman–Crippen LogP) is 2.36. The van der Waals surface area contributed by atoms with Crippen molar-refractivity contribution in [3.05, 3.63) is 47.6 Å². The molecule has 192 valence electrons. The summed E-state index contributed by atoms with van der Waals surface area (Å²) in [5.74, 6) is -1.18. The highest BCUT2D eigenvalue weighted by Crippen LogP contribution is 2.29. The van der Waals surface area contributed by atoms with Gasteiger partial charge in [-0.3, -0.25) is 10.1 Å². The van der Waals surface area contributed by atoms with Crippen molar-refractivity contribution < 1.29 is 29.3 Å². The monoisotopic (exact) mass is 487 g/mol. The van der Waals surface area contributed by atoms with Crippen molar-refractivity contribution in [2.75, 3.05) is 26.4 Å². The highest BCUT2D eigenvalue weighted by Gasteiger charge is 2.23. The fraction of sp³-hybridized carbons (Fsp3) is 0.538. The Kier molecular flexibility index (Phi) is 10.1. The molecule has 9 nitrogen and oxygen atoms in total. The summed E-state index contributed by atoms with van der Waals surface area (Å²) in [7, 11) is 0. The molecule has 9 heteroatoms. The van der Waals surface area contributed by atoms with Gasteiger partial charge in [-0.05, 0) is 50.7 Å². The van der Waals surface area contributed by atoms with Crippen LogP contribution in [0.25, 0.3) is 0 Å². The van der Waals surface area contributed by atoms with Crippen molar-refractivity contribution in [3.63, 3.8) is 0 Å². The number of ether oxygens (including phenoxy) is 2. The first-order valence-corrected chi connectivity index (χ1v) is 12.3. The van der Waals surface area contributed by atoms with E-state index in [0.29, 0.717) is 18.4 Å². The van der Waals surface area contributed by atoms with Gasteiger partial charge in [-0.1, -0.05) is 24.3 Å². The number of nitrogens with two attached hydrogens (primary N) is 1. The van der Waals surface area contributed by atoms with Crippen LogP contribution in [0.5, 0.6) is 11.5 Å². The Morgan fingerprint density at radius 1 is 1.17 bits per heavy atom. The standard InChI is InChI=1S/C26H37N3O6/c1-18-7-5-8-20(27)9-6-10-21(28-17-34-16-24(32)29-11-3-2-4-12-29)13-19-14-22(30)15-23(31)25(19)26(33)35-18/h5-6,8,10,14-15,18,20-21,28,30-31H,2-4,7,9,11-13,16-17,27H2,1H3/b8-5+,10-6+/t18-,20-,21?/m1/s1. The SMILES string of the molecule is C[C@@H]1C/C=C/[C@@H](N)C/C=C/C(NCOCC(=O)N2CCCCC2)Cc2cc(O)cc(O)c2C(=O)O1. The lowest BCUT2D eigenvalue weighted by Crippen LogP contribution is -2.39. The molecule has 3 rings (SSSR count). The van der Waals surface area contributed by atoms with E-state index in [0.717, 1.165) is 38.4 Å². The maximum Gasteiger partial charge on any atom is 0.342 e. The molecule has 1 unspecified atom stereocenters. The first kappa shape index (κ1) is 26.7. The van der Waals surface area contributed by atoms with Gasteiger partial charge in [0.15, 0.2) is 0 Å². The minimum Gasteiger partial charge on any atom is -0.508 e. The number of phenols is 2. The Labute approximate surface area is 206 Å². The number of rotatable bonds is 5. The van der Waals surface area contributed by atoms with Gasteiger partial charge >= 0.3 is 5.97 Å². The number of amides is 1. The summed E-state index contributed by atoms with van der Waals surface area (Å²) in [5, 5.41) is 23.7. The van der Waals surface area contributed by atoms with Crippen LogP contribution in [0.4, 0.5) is 0 Å². The maximum absolute atomic E-state index is 12.9. The third kappa shape index (κ3) is 8.38. The first-order chi connectivity index (χ1) is 16.8. The van der Waals surface area contributed by atoms with Gasteiger partial charge in [0.25, 0.3) is 0 Å². The number of fused-ring (bicyclic) bond motifs is 1. The number of likely N-dealkylation sites (tertiary alicyclic amines) is 1. The molecule has 0 spiro atoms. The lowest BCUT2D eigenvalue weighted by Gasteiger charge is -2.26. The molecule has 0 bridgehead atoms. The van der Waals surface area contributed by atoms with E-state index < -0.39 is 12.1 Å². The van der Waals surface area contributed by atoms with Crippen molar-refractivity contribution >= 4 is 11.9 Å². The van der Waals surface area contributed by atoms with E-state index in [2.05, 4.69) is 5.32 Å². The highest BCUT2D eigenvalue weighted by atomic mass is 16.5. The molecular formula is C26H37N3O6. The minimum absolute atomic E-state index is 0.0124. The van der Waals surface area contributed by atoms with Crippen LogP contribution < -0.4 is 11.1 Å². The highest BCUT2D eigenvalue weighted by molar-refractivity contribution is 5.94.